The number of rotatable bonds is 4. The Bertz CT molecular complexity index is 385. The number of hydrogen-bond acceptors (Lipinski definition) is 6. The molecule has 19 heavy (non-hydrogen) atoms. The highest BCUT2D eigenvalue weighted by Crippen LogP contribution is 2.19. The zero-order chi connectivity index (χ0) is 14.7. The molecule has 0 aromatic carbocycles. The van der Waals surface area contributed by atoms with E-state index in [2.05, 4.69) is 9.97 Å². The molecule has 1 rings (SSSR count). The van der Waals surface area contributed by atoms with Crippen molar-refractivity contribution in [1.82, 2.24) is 9.97 Å². The summed E-state index contributed by atoms with van der Waals surface area (Å²) in [5.74, 6) is 1.05. The molecule has 1 aromatic rings. The van der Waals surface area contributed by atoms with Crippen LogP contribution in [0.15, 0.2) is 6.07 Å². The van der Waals surface area contributed by atoms with Gasteiger partial charge in [0.05, 0.1) is 6.07 Å². The van der Waals surface area contributed by atoms with Gasteiger partial charge in [-0.05, 0) is 48.5 Å². The van der Waals surface area contributed by atoms with Crippen molar-refractivity contribution in [1.29, 1.82) is 0 Å². The minimum Gasteiger partial charge on any atom is -0.316 e. The summed E-state index contributed by atoms with van der Waals surface area (Å²) in [4.78, 5) is 28.8. The van der Waals surface area contributed by atoms with Crippen LogP contribution < -0.4 is 9.78 Å². The van der Waals surface area contributed by atoms with Gasteiger partial charge in [0.15, 0.2) is 0 Å². The smallest absolute Gasteiger partial charge is 0.263 e. The van der Waals surface area contributed by atoms with E-state index in [0.717, 1.165) is 0 Å². The minimum absolute atomic E-state index is 0.273. The van der Waals surface area contributed by atoms with Gasteiger partial charge in [0, 0.05) is 0 Å². The monoisotopic (exact) mass is 270 g/mol. The van der Waals surface area contributed by atoms with E-state index >= 15 is 0 Å². The highest BCUT2D eigenvalue weighted by Gasteiger charge is 2.16. The summed E-state index contributed by atoms with van der Waals surface area (Å²) >= 11 is 0. The molecule has 0 spiro atoms. The Morgan fingerprint density at radius 3 is 1.47 bits per heavy atom. The molecule has 0 atom stereocenters. The molecule has 0 saturated carbocycles. The van der Waals surface area contributed by atoms with Crippen molar-refractivity contribution in [2.45, 2.75) is 59.7 Å². The van der Waals surface area contributed by atoms with Crippen LogP contribution >= 0.6 is 0 Å². The summed E-state index contributed by atoms with van der Waals surface area (Å²) in [6.07, 6.45) is 0. The van der Waals surface area contributed by atoms with Gasteiger partial charge >= 0.3 is 0 Å². The molecule has 0 bridgehead atoms. The first-order valence-electron chi connectivity index (χ1n) is 6.12. The average molecular weight is 270 g/mol. The zero-order valence-corrected chi connectivity index (χ0v) is 12.6. The van der Waals surface area contributed by atoms with Gasteiger partial charge in [-0.2, -0.15) is 19.7 Å². The van der Waals surface area contributed by atoms with Gasteiger partial charge in [-0.15, -0.1) is 0 Å². The molecule has 6 heteroatoms. The fraction of sp³-hybridized carbons (Fsp3) is 0.692. The number of hydrogen-bond donors (Lipinski definition) is 0. The topological polar surface area (TPSA) is 62.7 Å². The van der Waals surface area contributed by atoms with Crippen LogP contribution in [0.3, 0.4) is 0 Å². The third-order valence-corrected chi connectivity index (χ3v) is 1.55. The fourth-order valence-electron chi connectivity index (χ4n) is 0.935. The molecular formula is C13H22N2O4. The molecule has 0 aliphatic heterocycles. The summed E-state index contributed by atoms with van der Waals surface area (Å²) in [6.45, 7) is 13.0. The average Bonchev–Trinajstić information content (AvgIpc) is 2.21. The Balaban J connectivity index is 2.71. The first kappa shape index (κ1) is 15.7. The third kappa shape index (κ3) is 6.93. The second-order valence-electron chi connectivity index (χ2n) is 6.15. The predicted octanol–water partition coefficient (Wildman–Crippen LogP) is 3.00. The normalized spacial score (nSPS) is 12.4. The Morgan fingerprint density at radius 1 is 0.789 bits per heavy atom. The van der Waals surface area contributed by atoms with Crippen LogP contribution in [0.2, 0.25) is 0 Å². The highest BCUT2D eigenvalue weighted by molar-refractivity contribution is 5.19. The fourth-order valence-corrected chi connectivity index (χ4v) is 0.935. The van der Waals surface area contributed by atoms with Gasteiger partial charge in [-0.25, -0.2) is 0 Å². The number of nitrogens with zero attached hydrogens (tertiary/aromatic N) is 2. The maximum Gasteiger partial charge on any atom is 0.263 e. The largest absolute Gasteiger partial charge is 0.316 e. The van der Waals surface area contributed by atoms with E-state index in [9.17, 15) is 0 Å². The van der Waals surface area contributed by atoms with Crippen molar-refractivity contribution >= 4 is 0 Å². The van der Waals surface area contributed by atoms with Crippen molar-refractivity contribution < 1.29 is 19.6 Å². The Kier molecular flexibility index (Phi) is 4.70. The molecule has 0 aliphatic rings. The molecule has 0 aliphatic carbocycles. The first-order chi connectivity index (χ1) is 8.55. The first-order valence-corrected chi connectivity index (χ1v) is 6.12. The van der Waals surface area contributed by atoms with Crippen LogP contribution in [0, 0.1) is 6.92 Å². The van der Waals surface area contributed by atoms with Crippen molar-refractivity contribution in [3.05, 3.63) is 11.9 Å². The second kappa shape index (κ2) is 5.71. The Morgan fingerprint density at radius 2 is 1.16 bits per heavy atom. The molecule has 0 fully saturated rings. The van der Waals surface area contributed by atoms with Crippen LogP contribution in [-0.2, 0) is 9.78 Å². The molecule has 0 saturated heterocycles. The molecule has 0 N–H and O–H groups in total. The maximum atomic E-state index is 5.18. The standard InChI is InChI=1S/C13H22N2O4/c1-9-14-10(16-18-12(2,3)4)8-11(15-9)17-19-13(5,6)7/h8H,1-7H3. The van der Waals surface area contributed by atoms with Crippen molar-refractivity contribution in [2.24, 2.45) is 0 Å². The molecular weight excluding hydrogens is 248 g/mol. The third-order valence-electron chi connectivity index (χ3n) is 1.55. The zero-order valence-electron chi connectivity index (χ0n) is 12.6. The van der Waals surface area contributed by atoms with E-state index in [1.54, 1.807) is 6.92 Å². The van der Waals surface area contributed by atoms with E-state index in [-0.39, 0.29) is 11.8 Å². The van der Waals surface area contributed by atoms with Crippen LogP contribution in [0.25, 0.3) is 0 Å². The molecule has 1 heterocycles. The lowest BCUT2D eigenvalue weighted by molar-refractivity contribution is -0.282. The van der Waals surface area contributed by atoms with E-state index in [1.165, 1.54) is 6.07 Å². The summed E-state index contributed by atoms with van der Waals surface area (Å²) in [5, 5.41) is 0. The van der Waals surface area contributed by atoms with Crippen LogP contribution in [0.1, 0.15) is 47.4 Å². The van der Waals surface area contributed by atoms with E-state index in [0.29, 0.717) is 5.82 Å². The van der Waals surface area contributed by atoms with Crippen molar-refractivity contribution in [3.63, 3.8) is 0 Å². The van der Waals surface area contributed by atoms with Gasteiger partial charge in [-0.3, -0.25) is 0 Å². The molecule has 6 nitrogen and oxygen atoms in total. The SMILES string of the molecule is Cc1nc(OOC(C)(C)C)cc(OOC(C)(C)C)n1. The second-order valence-corrected chi connectivity index (χ2v) is 6.15. The van der Waals surface area contributed by atoms with Crippen molar-refractivity contribution in [2.75, 3.05) is 0 Å². The summed E-state index contributed by atoms with van der Waals surface area (Å²) in [5.41, 5.74) is -0.858. The summed E-state index contributed by atoms with van der Waals surface area (Å²) in [7, 11) is 0. The Hall–Kier alpha value is -1.40. The predicted molar refractivity (Wildman–Crippen MR) is 69.7 cm³/mol. The Labute approximate surface area is 113 Å². The van der Waals surface area contributed by atoms with Crippen LogP contribution in [-0.4, -0.2) is 21.2 Å². The molecule has 0 unspecified atom stereocenters. The van der Waals surface area contributed by atoms with Crippen LogP contribution in [0.5, 0.6) is 11.8 Å². The maximum absolute atomic E-state index is 5.18. The molecule has 108 valence electrons. The molecule has 0 radical (unpaired) electrons. The van der Waals surface area contributed by atoms with Gasteiger partial charge in [0.2, 0.25) is 0 Å². The van der Waals surface area contributed by atoms with E-state index in [1.807, 2.05) is 41.5 Å². The van der Waals surface area contributed by atoms with Crippen molar-refractivity contribution in [3.8, 4) is 11.8 Å². The highest BCUT2D eigenvalue weighted by atomic mass is 17.2. The van der Waals surface area contributed by atoms with E-state index in [4.69, 9.17) is 19.6 Å². The van der Waals surface area contributed by atoms with Gasteiger partial charge in [0.25, 0.3) is 11.8 Å². The lowest BCUT2D eigenvalue weighted by atomic mass is 10.2. The summed E-state index contributed by atoms with van der Waals surface area (Å²) in [6, 6.07) is 1.50. The number of aromatic nitrogens is 2. The lowest BCUT2D eigenvalue weighted by Gasteiger charge is -2.18. The van der Waals surface area contributed by atoms with Gasteiger partial charge in [0.1, 0.15) is 17.0 Å². The quantitative estimate of drug-likeness (QED) is 0.619. The van der Waals surface area contributed by atoms with Crippen LogP contribution in [0.4, 0.5) is 0 Å². The minimum atomic E-state index is -0.429. The van der Waals surface area contributed by atoms with Gasteiger partial charge in [-0.1, -0.05) is 0 Å². The summed E-state index contributed by atoms with van der Waals surface area (Å²) < 4.78 is 0. The van der Waals surface area contributed by atoms with Gasteiger partial charge < -0.3 is 9.78 Å². The lowest BCUT2D eigenvalue weighted by Crippen LogP contribution is -2.22. The molecule has 1 aromatic heterocycles. The number of aryl methyl sites for hydroxylation is 1. The van der Waals surface area contributed by atoms with E-state index < -0.39 is 11.2 Å². The molecule has 0 amide bonds.